The van der Waals surface area contributed by atoms with E-state index in [0.29, 0.717) is 22.3 Å². The van der Waals surface area contributed by atoms with E-state index in [1.165, 1.54) is 18.7 Å². The van der Waals surface area contributed by atoms with Crippen molar-refractivity contribution in [1.29, 1.82) is 0 Å². The first-order valence-corrected chi connectivity index (χ1v) is 9.59. The molecule has 2 heterocycles. The van der Waals surface area contributed by atoms with Gasteiger partial charge in [-0.15, -0.1) is 0 Å². The van der Waals surface area contributed by atoms with E-state index in [4.69, 9.17) is 27.6 Å². The Morgan fingerprint density at radius 1 is 1.32 bits per heavy atom. The molecule has 2 N–H and O–H groups in total. The molecule has 28 heavy (non-hydrogen) atoms. The molecule has 148 valence electrons. The van der Waals surface area contributed by atoms with Crippen molar-refractivity contribution < 1.29 is 14.0 Å². The molecule has 1 saturated heterocycles. The molecule has 0 aliphatic carbocycles. The van der Waals surface area contributed by atoms with Crippen LogP contribution >= 0.6 is 23.2 Å². The number of benzene rings is 1. The van der Waals surface area contributed by atoms with E-state index in [0.717, 1.165) is 24.9 Å². The van der Waals surface area contributed by atoms with E-state index in [2.05, 4.69) is 15.8 Å². The van der Waals surface area contributed by atoms with E-state index in [9.17, 15) is 9.59 Å². The number of nitrogens with zero attached hydrogens (tertiary/aromatic N) is 2. The largest absolute Gasteiger partial charge is 0.472 e. The van der Waals surface area contributed by atoms with Gasteiger partial charge in [0.1, 0.15) is 0 Å². The van der Waals surface area contributed by atoms with Crippen molar-refractivity contribution in [2.75, 3.05) is 25.0 Å². The summed E-state index contributed by atoms with van der Waals surface area (Å²) < 4.78 is 4.93. The maximum Gasteiger partial charge on any atom is 0.244 e. The molecule has 1 aromatic carbocycles. The molecule has 1 aliphatic heterocycles. The second kappa shape index (κ2) is 9.73. The predicted octanol–water partition coefficient (Wildman–Crippen LogP) is 3.39. The fraction of sp³-hybridized carbons (Fsp3) is 0.316. The lowest BCUT2D eigenvalue weighted by atomic mass is 9.97. The van der Waals surface area contributed by atoms with E-state index in [1.54, 1.807) is 24.3 Å². The van der Waals surface area contributed by atoms with Crippen LogP contribution in [-0.4, -0.2) is 42.6 Å². The summed E-state index contributed by atoms with van der Waals surface area (Å²) in [6, 6.07) is 6.63. The van der Waals surface area contributed by atoms with Crippen LogP contribution in [0.25, 0.3) is 0 Å². The first-order valence-electron chi connectivity index (χ1n) is 8.83. The lowest BCUT2D eigenvalue weighted by Crippen LogP contribution is -2.44. The minimum Gasteiger partial charge on any atom is -0.472 e. The number of amides is 2. The molecule has 1 unspecified atom stereocenters. The normalized spacial score (nSPS) is 17.6. The Kier molecular flexibility index (Phi) is 7.08. The number of hydrazone groups is 1. The number of anilines is 1. The van der Waals surface area contributed by atoms with Gasteiger partial charge in [-0.05, 0) is 43.7 Å². The third-order valence-corrected chi connectivity index (χ3v) is 4.94. The maximum atomic E-state index is 12.3. The highest BCUT2D eigenvalue weighted by molar-refractivity contribution is 6.35. The SMILES string of the molecule is O=C(CN1CCCC(C(=O)NN=Cc2ccoc2)C1)Nc1cc(Cl)ccc1Cl. The van der Waals surface area contributed by atoms with Crippen molar-refractivity contribution in [3.05, 3.63) is 52.4 Å². The molecule has 0 spiro atoms. The highest BCUT2D eigenvalue weighted by Crippen LogP contribution is 2.25. The van der Waals surface area contributed by atoms with Crippen molar-refractivity contribution in [3.63, 3.8) is 0 Å². The van der Waals surface area contributed by atoms with Crippen molar-refractivity contribution in [2.45, 2.75) is 12.8 Å². The molecule has 0 radical (unpaired) electrons. The van der Waals surface area contributed by atoms with Gasteiger partial charge in [-0.1, -0.05) is 23.2 Å². The molecule has 2 amide bonds. The van der Waals surface area contributed by atoms with Crippen molar-refractivity contribution in [2.24, 2.45) is 11.0 Å². The first kappa shape index (κ1) is 20.4. The van der Waals surface area contributed by atoms with Gasteiger partial charge in [-0.3, -0.25) is 14.5 Å². The molecule has 1 aromatic heterocycles. The van der Waals surface area contributed by atoms with Crippen LogP contribution in [0, 0.1) is 5.92 Å². The highest BCUT2D eigenvalue weighted by Gasteiger charge is 2.26. The van der Waals surface area contributed by atoms with Crippen LogP contribution in [0.2, 0.25) is 10.0 Å². The summed E-state index contributed by atoms with van der Waals surface area (Å²) in [5.74, 6) is -0.594. The minimum absolute atomic E-state index is 0.164. The minimum atomic E-state index is -0.224. The molecule has 0 bridgehead atoms. The molecule has 7 nitrogen and oxygen atoms in total. The fourth-order valence-corrected chi connectivity index (χ4v) is 3.35. The Morgan fingerprint density at radius 2 is 2.18 bits per heavy atom. The van der Waals surface area contributed by atoms with Gasteiger partial charge >= 0.3 is 0 Å². The average Bonchev–Trinajstić information content (AvgIpc) is 3.18. The van der Waals surface area contributed by atoms with Crippen LogP contribution in [0.15, 0.2) is 46.3 Å². The maximum absolute atomic E-state index is 12.3. The Bertz CT molecular complexity index is 855. The monoisotopic (exact) mass is 422 g/mol. The number of hydrogen-bond donors (Lipinski definition) is 2. The van der Waals surface area contributed by atoms with Crippen LogP contribution in [-0.2, 0) is 9.59 Å². The third kappa shape index (κ3) is 5.82. The van der Waals surface area contributed by atoms with Crippen LogP contribution in [0.5, 0.6) is 0 Å². The van der Waals surface area contributed by atoms with Crippen LogP contribution < -0.4 is 10.7 Å². The number of piperidine rings is 1. The van der Waals surface area contributed by atoms with Gasteiger partial charge in [-0.25, -0.2) is 5.43 Å². The summed E-state index contributed by atoms with van der Waals surface area (Å²) in [6.45, 7) is 1.41. The lowest BCUT2D eigenvalue weighted by molar-refractivity contribution is -0.127. The van der Waals surface area contributed by atoms with E-state index in [-0.39, 0.29) is 24.3 Å². The van der Waals surface area contributed by atoms with Crippen molar-refractivity contribution >= 4 is 46.9 Å². The third-order valence-electron chi connectivity index (χ3n) is 4.38. The van der Waals surface area contributed by atoms with Crippen LogP contribution in [0.1, 0.15) is 18.4 Å². The highest BCUT2D eigenvalue weighted by atomic mass is 35.5. The fourth-order valence-electron chi connectivity index (χ4n) is 3.01. The number of halogens is 2. The van der Waals surface area contributed by atoms with E-state index >= 15 is 0 Å². The predicted molar refractivity (Wildman–Crippen MR) is 109 cm³/mol. The van der Waals surface area contributed by atoms with Gasteiger partial charge in [0.25, 0.3) is 0 Å². The number of likely N-dealkylation sites (tertiary alicyclic amines) is 1. The molecule has 1 aliphatic rings. The van der Waals surface area contributed by atoms with Crippen molar-refractivity contribution in [3.8, 4) is 0 Å². The molecule has 2 aromatic rings. The first-order chi connectivity index (χ1) is 13.5. The number of furan rings is 1. The number of rotatable bonds is 6. The van der Waals surface area contributed by atoms with Gasteiger partial charge in [0, 0.05) is 17.1 Å². The quantitative estimate of drug-likeness (QED) is 0.551. The smallest absolute Gasteiger partial charge is 0.244 e. The summed E-state index contributed by atoms with van der Waals surface area (Å²) in [5.41, 5.74) is 3.78. The summed E-state index contributed by atoms with van der Waals surface area (Å²) in [4.78, 5) is 26.6. The average molecular weight is 423 g/mol. The van der Waals surface area contributed by atoms with Crippen molar-refractivity contribution in [1.82, 2.24) is 10.3 Å². The Balaban J connectivity index is 1.49. The van der Waals surface area contributed by atoms with Gasteiger partial charge in [-0.2, -0.15) is 5.10 Å². The zero-order valence-electron chi connectivity index (χ0n) is 15.0. The summed E-state index contributed by atoms with van der Waals surface area (Å²) in [6.07, 6.45) is 6.16. The molecular formula is C19H20Cl2N4O3. The standard InChI is InChI=1S/C19H20Cl2N4O3/c20-15-3-4-16(21)17(8-15)23-18(26)11-25-6-1-2-14(10-25)19(27)24-22-9-13-5-7-28-12-13/h3-5,7-9,12,14H,1-2,6,10-11H2,(H,23,26)(H,24,27). The number of carbonyl (C=O) groups is 2. The summed E-state index contributed by atoms with van der Waals surface area (Å²) in [5, 5.41) is 7.61. The molecule has 9 heteroatoms. The molecule has 1 atom stereocenters. The van der Waals surface area contributed by atoms with Gasteiger partial charge in [0.2, 0.25) is 11.8 Å². The second-order valence-corrected chi connectivity index (χ2v) is 7.38. The Labute approximate surface area is 172 Å². The molecule has 0 saturated carbocycles. The number of hydrogen-bond acceptors (Lipinski definition) is 5. The molecule has 1 fully saturated rings. The number of nitrogens with one attached hydrogen (secondary N) is 2. The zero-order valence-corrected chi connectivity index (χ0v) is 16.5. The Morgan fingerprint density at radius 3 is 2.96 bits per heavy atom. The molecule has 3 rings (SSSR count). The van der Waals surface area contributed by atoms with Crippen LogP contribution in [0.3, 0.4) is 0 Å². The summed E-state index contributed by atoms with van der Waals surface area (Å²) in [7, 11) is 0. The van der Waals surface area contributed by atoms with Gasteiger partial charge in [0.15, 0.2) is 0 Å². The zero-order chi connectivity index (χ0) is 19.9. The lowest BCUT2D eigenvalue weighted by Gasteiger charge is -2.31. The van der Waals surface area contributed by atoms with E-state index < -0.39 is 0 Å². The summed E-state index contributed by atoms with van der Waals surface area (Å²) >= 11 is 12.0. The second-order valence-electron chi connectivity index (χ2n) is 6.54. The topological polar surface area (TPSA) is 86.9 Å². The number of carbonyl (C=O) groups excluding carboxylic acids is 2. The van der Waals surface area contributed by atoms with Gasteiger partial charge < -0.3 is 9.73 Å². The van der Waals surface area contributed by atoms with E-state index in [1.807, 2.05) is 4.90 Å². The van der Waals surface area contributed by atoms with Crippen LogP contribution in [0.4, 0.5) is 5.69 Å². The Hall–Kier alpha value is -2.35. The van der Waals surface area contributed by atoms with Gasteiger partial charge in [0.05, 0.1) is 41.9 Å². The molecular weight excluding hydrogens is 403 g/mol.